The van der Waals surface area contributed by atoms with Crippen LogP contribution in [-0.2, 0) is 4.74 Å². The molecule has 1 unspecified atom stereocenters. The summed E-state index contributed by atoms with van der Waals surface area (Å²) in [6.07, 6.45) is 4.22. The van der Waals surface area contributed by atoms with Crippen LogP contribution < -0.4 is 0 Å². The first-order valence-corrected chi connectivity index (χ1v) is 9.25. The molecule has 1 aromatic carbocycles. The van der Waals surface area contributed by atoms with E-state index in [1.54, 1.807) is 24.5 Å². The second kappa shape index (κ2) is 8.14. The lowest BCUT2D eigenvalue weighted by Crippen LogP contribution is -2.04. The molecule has 1 N–H and O–H groups in total. The number of methoxy groups -OCH3 is 1. The Bertz CT molecular complexity index is 1190. The number of fused-ring (bicyclic) bond motifs is 1. The first-order chi connectivity index (χ1) is 14.2. The van der Waals surface area contributed by atoms with Gasteiger partial charge in [-0.05, 0) is 48.4 Å². The number of ether oxygens (including phenoxy) is 1. The van der Waals surface area contributed by atoms with Crippen LogP contribution in [0.1, 0.15) is 22.3 Å². The van der Waals surface area contributed by atoms with E-state index in [0.29, 0.717) is 28.1 Å². The number of carbonyl (C=O) groups is 1. The van der Waals surface area contributed by atoms with Crippen molar-refractivity contribution in [2.24, 2.45) is 11.8 Å². The summed E-state index contributed by atoms with van der Waals surface area (Å²) >= 11 is 0. The third-order valence-corrected chi connectivity index (χ3v) is 4.88. The second-order valence-corrected chi connectivity index (χ2v) is 6.82. The van der Waals surface area contributed by atoms with Crippen LogP contribution in [0.15, 0.2) is 48.8 Å². The maximum Gasteiger partial charge on any atom is 0.338 e. The topological polar surface area (TPSA) is 72.3 Å². The number of aromatic nitrogens is 2. The number of aliphatic hydroxyl groups excluding tert-OH is 1. The number of pyridine rings is 2. The Morgan fingerprint density at radius 2 is 2.07 bits per heavy atom. The summed E-state index contributed by atoms with van der Waals surface area (Å²) in [5.41, 5.74) is 3.50. The van der Waals surface area contributed by atoms with E-state index in [9.17, 15) is 4.79 Å². The molecule has 29 heavy (non-hydrogen) atoms. The van der Waals surface area contributed by atoms with Crippen molar-refractivity contribution >= 4 is 16.9 Å². The summed E-state index contributed by atoms with van der Waals surface area (Å²) in [5, 5.41) is 9.67. The highest BCUT2D eigenvalue weighted by Crippen LogP contribution is 2.36. The van der Waals surface area contributed by atoms with Gasteiger partial charge in [0, 0.05) is 41.4 Å². The predicted molar refractivity (Wildman–Crippen MR) is 110 cm³/mol. The Morgan fingerprint density at radius 3 is 2.79 bits per heavy atom. The molecule has 4 rings (SSSR count). The van der Waals surface area contributed by atoms with Crippen LogP contribution in [0.3, 0.4) is 0 Å². The lowest BCUT2D eigenvalue weighted by molar-refractivity contribution is 0.0603. The number of esters is 1. The largest absolute Gasteiger partial charge is 0.465 e. The van der Waals surface area contributed by atoms with E-state index in [-0.39, 0.29) is 12.5 Å². The van der Waals surface area contributed by atoms with Gasteiger partial charge in [0.25, 0.3) is 0 Å². The van der Waals surface area contributed by atoms with Crippen LogP contribution in [0, 0.1) is 35.5 Å². The molecule has 2 heterocycles. The fraction of sp³-hybridized carbons (Fsp3) is 0.208. The maximum absolute atomic E-state index is 12.2. The monoisotopic (exact) mass is 382 g/mol. The van der Waals surface area contributed by atoms with Crippen molar-refractivity contribution in [3.8, 4) is 34.9 Å². The van der Waals surface area contributed by atoms with Gasteiger partial charge in [-0.3, -0.25) is 4.98 Å². The molecule has 2 atom stereocenters. The molecule has 5 heteroatoms. The lowest BCUT2D eigenvalue weighted by atomic mass is 10.0. The SMILES string of the molecule is COC(=O)c1cc(-c2ccc(C#CC#C[C@@H]3CC3CO)cc2)nc2ccncc12. The molecule has 5 nitrogen and oxygen atoms in total. The molecule has 0 radical (unpaired) electrons. The molecule has 2 aromatic heterocycles. The van der Waals surface area contributed by atoms with Crippen molar-refractivity contribution in [1.82, 2.24) is 9.97 Å². The van der Waals surface area contributed by atoms with Gasteiger partial charge in [0.1, 0.15) is 0 Å². The van der Waals surface area contributed by atoms with E-state index in [1.807, 2.05) is 24.3 Å². The van der Waals surface area contributed by atoms with Gasteiger partial charge in [0.2, 0.25) is 0 Å². The van der Waals surface area contributed by atoms with E-state index in [0.717, 1.165) is 17.5 Å². The van der Waals surface area contributed by atoms with Gasteiger partial charge >= 0.3 is 5.97 Å². The zero-order chi connectivity index (χ0) is 20.2. The molecule has 0 bridgehead atoms. The van der Waals surface area contributed by atoms with Gasteiger partial charge in [-0.2, -0.15) is 0 Å². The van der Waals surface area contributed by atoms with E-state index < -0.39 is 5.97 Å². The smallest absolute Gasteiger partial charge is 0.338 e. The number of aliphatic hydroxyl groups is 1. The fourth-order valence-electron chi connectivity index (χ4n) is 3.08. The number of hydrogen-bond donors (Lipinski definition) is 1. The Morgan fingerprint density at radius 1 is 1.24 bits per heavy atom. The van der Waals surface area contributed by atoms with Crippen LogP contribution in [0.4, 0.5) is 0 Å². The zero-order valence-electron chi connectivity index (χ0n) is 15.8. The first-order valence-electron chi connectivity index (χ1n) is 9.25. The molecule has 1 aliphatic carbocycles. The molecule has 0 spiro atoms. The van der Waals surface area contributed by atoms with Crippen molar-refractivity contribution in [2.75, 3.05) is 13.7 Å². The molecular formula is C24H18N2O3. The summed E-state index contributed by atoms with van der Waals surface area (Å²) in [6.45, 7) is 0.200. The van der Waals surface area contributed by atoms with Gasteiger partial charge in [-0.25, -0.2) is 9.78 Å². The third kappa shape index (κ3) is 4.11. The molecular weight excluding hydrogens is 364 g/mol. The van der Waals surface area contributed by atoms with Crippen LogP contribution in [0.2, 0.25) is 0 Å². The third-order valence-electron chi connectivity index (χ3n) is 4.88. The zero-order valence-corrected chi connectivity index (χ0v) is 15.8. The van der Waals surface area contributed by atoms with Gasteiger partial charge in [0.05, 0.1) is 23.9 Å². The molecule has 1 fully saturated rings. The summed E-state index contributed by atoms with van der Waals surface area (Å²) in [5.74, 6) is 12.0. The van der Waals surface area contributed by atoms with Crippen LogP contribution >= 0.6 is 0 Å². The Labute approximate surface area is 168 Å². The van der Waals surface area contributed by atoms with Crippen molar-refractivity contribution in [2.45, 2.75) is 6.42 Å². The molecule has 1 saturated carbocycles. The van der Waals surface area contributed by atoms with Crippen molar-refractivity contribution in [3.63, 3.8) is 0 Å². The highest BCUT2D eigenvalue weighted by molar-refractivity contribution is 6.04. The van der Waals surface area contributed by atoms with E-state index in [1.165, 1.54) is 7.11 Å². The van der Waals surface area contributed by atoms with Gasteiger partial charge in [-0.15, -0.1) is 0 Å². The Balaban J connectivity index is 1.59. The highest BCUT2D eigenvalue weighted by atomic mass is 16.5. The Kier molecular flexibility index (Phi) is 5.24. The second-order valence-electron chi connectivity index (χ2n) is 6.82. The summed E-state index contributed by atoms with van der Waals surface area (Å²) in [6, 6.07) is 11.1. The van der Waals surface area contributed by atoms with E-state index in [4.69, 9.17) is 9.84 Å². The lowest BCUT2D eigenvalue weighted by Gasteiger charge is -2.08. The van der Waals surface area contributed by atoms with Crippen LogP contribution in [0.25, 0.3) is 22.2 Å². The average Bonchev–Trinajstić information content (AvgIpc) is 3.54. The number of carbonyl (C=O) groups excluding carboxylic acids is 1. The highest BCUT2D eigenvalue weighted by Gasteiger charge is 2.34. The summed E-state index contributed by atoms with van der Waals surface area (Å²) < 4.78 is 4.90. The summed E-state index contributed by atoms with van der Waals surface area (Å²) in [7, 11) is 1.36. The van der Waals surface area contributed by atoms with Crippen molar-refractivity contribution < 1.29 is 14.6 Å². The van der Waals surface area contributed by atoms with Gasteiger partial charge in [0.15, 0.2) is 0 Å². The minimum atomic E-state index is -0.424. The van der Waals surface area contributed by atoms with E-state index in [2.05, 4.69) is 33.6 Å². The standard InChI is InChI=1S/C24H18N2O3/c1-29-24(28)20-13-23(26-22-10-11-25-14-21(20)22)17-8-6-16(7-9-17)4-2-3-5-18-12-19(18)15-27/h6-11,13-14,18-19,27H,12,15H2,1H3/t18-,19?/m1/s1. The summed E-state index contributed by atoms with van der Waals surface area (Å²) in [4.78, 5) is 20.9. The van der Waals surface area contributed by atoms with Crippen molar-refractivity contribution in [3.05, 3.63) is 59.9 Å². The first kappa shape index (κ1) is 18.7. The fourth-order valence-corrected chi connectivity index (χ4v) is 3.08. The molecule has 3 aromatic rings. The van der Waals surface area contributed by atoms with Gasteiger partial charge < -0.3 is 9.84 Å². The molecule has 1 aliphatic rings. The number of rotatable bonds is 3. The number of nitrogens with zero attached hydrogens (tertiary/aromatic N) is 2. The quantitative estimate of drug-likeness (QED) is 0.557. The van der Waals surface area contributed by atoms with Crippen LogP contribution in [0.5, 0.6) is 0 Å². The van der Waals surface area contributed by atoms with Gasteiger partial charge in [-0.1, -0.05) is 24.0 Å². The van der Waals surface area contributed by atoms with Crippen molar-refractivity contribution in [1.29, 1.82) is 0 Å². The average molecular weight is 382 g/mol. The predicted octanol–water partition coefficient (Wildman–Crippen LogP) is 3.07. The maximum atomic E-state index is 12.2. The molecule has 0 saturated heterocycles. The van der Waals surface area contributed by atoms with E-state index >= 15 is 0 Å². The minimum Gasteiger partial charge on any atom is -0.465 e. The number of hydrogen-bond acceptors (Lipinski definition) is 5. The van der Waals surface area contributed by atoms with Crippen LogP contribution in [-0.4, -0.2) is 34.8 Å². The Hall–Kier alpha value is -3.67. The normalized spacial score (nSPS) is 16.9. The molecule has 0 amide bonds. The minimum absolute atomic E-state index is 0.200. The molecule has 142 valence electrons. The number of benzene rings is 1. The molecule has 0 aliphatic heterocycles.